The predicted octanol–water partition coefficient (Wildman–Crippen LogP) is 5.79. The van der Waals surface area contributed by atoms with Crippen LogP contribution in [-0.4, -0.2) is 22.0 Å². The molecule has 13 heteroatoms. The van der Waals surface area contributed by atoms with Gasteiger partial charge in [-0.05, 0) is 37.0 Å². The number of nitrogens with one attached hydrogen (secondary N) is 2. The Morgan fingerprint density at radius 2 is 1.70 bits per heavy atom. The smallest absolute Gasteiger partial charge is 0.373 e. The van der Waals surface area contributed by atoms with E-state index in [-0.39, 0.29) is 42.7 Å². The van der Waals surface area contributed by atoms with Gasteiger partial charge in [0.05, 0.1) is 29.4 Å². The number of carbonyl (C=O) groups is 1. The molecule has 3 aromatic rings. The first-order chi connectivity index (χ1) is 18.8. The number of aromatic amines is 1. The van der Waals surface area contributed by atoms with E-state index in [0.717, 1.165) is 18.2 Å². The van der Waals surface area contributed by atoms with Crippen LogP contribution in [0.1, 0.15) is 47.7 Å². The third kappa shape index (κ3) is 6.52. The minimum Gasteiger partial charge on any atom is -0.373 e. The maximum atomic E-state index is 15.4. The van der Waals surface area contributed by atoms with E-state index in [2.05, 4.69) is 15.3 Å². The van der Waals surface area contributed by atoms with Crippen molar-refractivity contribution in [2.75, 3.05) is 0 Å². The number of hydrogen-bond donors (Lipinski definition) is 2. The Labute approximate surface area is 223 Å². The standard InChI is InChI=1S/C27H24F7N3O3/c1-2-17-11-21(38)37-24(36-17)22-20(27(32,33)34)8-7-14(23(22)28)12-35-25(39)16-9-18(10-16)40-13-15-5-3-4-6-19(15)26(29,30)31/h3-8,11,16,18H,2,9-10,12-13H2,1H3,(H,35,39)(H,36,37,38). The first-order valence-corrected chi connectivity index (χ1v) is 12.3. The highest BCUT2D eigenvalue weighted by atomic mass is 19.4. The van der Waals surface area contributed by atoms with E-state index < -0.39 is 70.7 Å². The first-order valence-electron chi connectivity index (χ1n) is 12.3. The lowest BCUT2D eigenvalue weighted by atomic mass is 9.81. The summed E-state index contributed by atoms with van der Waals surface area (Å²) in [6.45, 7) is 0.911. The lowest BCUT2D eigenvalue weighted by Crippen LogP contribution is -2.42. The number of ether oxygens (including phenoxy) is 1. The summed E-state index contributed by atoms with van der Waals surface area (Å²) >= 11 is 0. The molecule has 6 nitrogen and oxygen atoms in total. The van der Waals surface area contributed by atoms with Crippen molar-refractivity contribution < 1.29 is 40.3 Å². The fraction of sp³-hybridized carbons (Fsp3) is 0.370. The van der Waals surface area contributed by atoms with Gasteiger partial charge in [0.15, 0.2) is 0 Å². The van der Waals surface area contributed by atoms with Crippen LogP contribution in [0.3, 0.4) is 0 Å². The Balaban J connectivity index is 1.41. The van der Waals surface area contributed by atoms with Gasteiger partial charge in [-0.3, -0.25) is 9.59 Å². The van der Waals surface area contributed by atoms with E-state index in [1.54, 1.807) is 6.92 Å². The number of benzene rings is 2. The Bertz CT molecular complexity index is 1440. The minimum absolute atomic E-state index is 0.0307. The summed E-state index contributed by atoms with van der Waals surface area (Å²) in [5, 5.41) is 2.48. The zero-order valence-corrected chi connectivity index (χ0v) is 21.0. The molecule has 0 aliphatic heterocycles. The number of nitrogens with zero attached hydrogens (tertiary/aromatic N) is 1. The molecule has 1 fully saturated rings. The van der Waals surface area contributed by atoms with Crippen LogP contribution in [0, 0.1) is 11.7 Å². The van der Waals surface area contributed by atoms with Gasteiger partial charge in [-0.25, -0.2) is 9.37 Å². The molecule has 0 unspecified atom stereocenters. The zero-order chi connectivity index (χ0) is 29.2. The van der Waals surface area contributed by atoms with Gasteiger partial charge in [-0.1, -0.05) is 31.2 Å². The molecule has 0 spiro atoms. The first kappa shape index (κ1) is 29.2. The van der Waals surface area contributed by atoms with Crippen LogP contribution in [0.4, 0.5) is 30.7 Å². The largest absolute Gasteiger partial charge is 0.417 e. The number of aromatic nitrogens is 2. The summed E-state index contributed by atoms with van der Waals surface area (Å²) in [4.78, 5) is 30.6. The summed E-state index contributed by atoms with van der Waals surface area (Å²) in [6, 6.07) is 7.65. The van der Waals surface area contributed by atoms with Crippen molar-refractivity contribution in [1.29, 1.82) is 0 Å². The van der Waals surface area contributed by atoms with Crippen molar-refractivity contribution in [1.82, 2.24) is 15.3 Å². The normalized spacial score (nSPS) is 17.4. The second-order valence-corrected chi connectivity index (χ2v) is 9.37. The average Bonchev–Trinajstić information content (AvgIpc) is 2.85. The third-order valence-corrected chi connectivity index (χ3v) is 6.64. The molecule has 0 atom stereocenters. The summed E-state index contributed by atoms with van der Waals surface area (Å²) in [5.41, 5.74) is -3.91. The van der Waals surface area contributed by atoms with Crippen LogP contribution < -0.4 is 10.9 Å². The molecule has 1 heterocycles. The van der Waals surface area contributed by atoms with E-state index >= 15 is 4.39 Å². The summed E-state index contributed by atoms with van der Waals surface area (Å²) in [6.07, 6.45) is -9.26. The van der Waals surface area contributed by atoms with E-state index in [9.17, 15) is 35.9 Å². The molecule has 2 aromatic carbocycles. The molecule has 40 heavy (non-hydrogen) atoms. The molecule has 1 aliphatic carbocycles. The van der Waals surface area contributed by atoms with Gasteiger partial charge in [0.2, 0.25) is 5.91 Å². The van der Waals surface area contributed by atoms with E-state index in [0.29, 0.717) is 6.07 Å². The number of H-pyrrole nitrogens is 1. The second-order valence-electron chi connectivity index (χ2n) is 9.37. The van der Waals surface area contributed by atoms with Gasteiger partial charge in [-0.15, -0.1) is 0 Å². The molecular weight excluding hydrogens is 547 g/mol. The van der Waals surface area contributed by atoms with E-state index in [1.807, 2.05) is 0 Å². The SMILES string of the molecule is CCc1cc(=O)[nH]c(-c2c(C(F)(F)F)ccc(CNC(=O)C3CC(OCc4ccccc4C(F)(F)F)C3)c2F)n1. The van der Waals surface area contributed by atoms with Crippen molar-refractivity contribution in [3.8, 4) is 11.4 Å². The molecule has 0 bridgehead atoms. The van der Waals surface area contributed by atoms with Crippen LogP contribution in [0.5, 0.6) is 0 Å². The molecule has 1 saturated carbocycles. The predicted molar refractivity (Wildman–Crippen MR) is 129 cm³/mol. The summed E-state index contributed by atoms with van der Waals surface area (Å²) in [5.74, 6) is -2.92. The topological polar surface area (TPSA) is 84.1 Å². The Kier molecular flexibility index (Phi) is 8.33. The van der Waals surface area contributed by atoms with Crippen molar-refractivity contribution >= 4 is 5.91 Å². The fourth-order valence-corrected chi connectivity index (χ4v) is 4.40. The number of amides is 1. The van der Waals surface area contributed by atoms with Crippen LogP contribution in [0.25, 0.3) is 11.4 Å². The van der Waals surface area contributed by atoms with Gasteiger partial charge < -0.3 is 15.0 Å². The molecule has 4 rings (SSSR count). The number of alkyl halides is 6. The molecule has 2 N–H and O–H groups in total. The van der Waals surface area contributed by atoms with Gasteiger partial charge in [0.1, 0.15) is 11.6 Å². The van der Waals surface area contributed by atoms with Crippen LogP contribution in [0.15, 0.2) is 47.3 Å². The summed E-state index contributed by atoms with van der Waals surface area (Å²) < 4.78 is 101. The zero-order valence-electron chi connectivity index (χ0n) is 21.0. The lowest BCUT2D eigenvalue weighted by Gasteiger charge is -2.34. The lowest BCUT2D eigenvalue weighted by molar-refractivity contribution is -0.140. The third-order valence-electron chi connectivity index (χ3n) is 6.64. The summed E-state index contributed by atoms with van der Waals surface area (Å²) in [7, 11) is 0. The Hall–Kier alpha value is -3.74. The fourth-order valence-electron chi connectivity index (χ4n) is 4.40. The van der Waals surface area contributed by atoms with Gasteiger partial charge in [0, 0.05) is 29.8 Å². The number of halogens is 7. The number of hydrogen-bond acceptors (Lipinski definition) is 4. The van der Waals surface area contributed by atoms with Crippen LogP contribution >= 0.6 is 0 Å². The maximum absolute atomic E-state index is 15.4. The molecule has 0 radical (unpaired) electrons. The van der Waals surface area contributed by atoms with E-state index in [4.69, 9.17) is 4.74 Å². The molecule has 1 amide bonds. The second kappa shape index (κ2) is 11.4. The Morgan fingerprint density at radius 1 is 1.02 bits per heavy atom. The van der Waals surface area contributed by atoms with Gasteiger partial charge >= 0.3 is 12.4 Å². The molecule has 1 aromatic heterocycles. The molecule has 214 valence electrons. The average molecular weight is 571 g/mol. The molecule has 1 aliphatic rings. The number of rotatable bonds is 8. The minimum atomic E-state index is -4.94. The van der Waals surface area contributed by atoms with Crippen LogP contribution in [-0.2, 0) is 41.5 Å². The highest BCUT2D eigenvalue weighted by Gasteiger charge is 2.38. The monoisotopic (exact) mass is 571 g/mol. The highest BCUT2D eigenvalue weighted by Crippen LogP contribution is 2.39. The van der Waals surface area contributed by atoms with Crippen LogP contribution in [0.2, 0.25) is 0 Å². The van der Waals surface area contributed by atoms with Crippen molar-refractivity contribution in [2.24, 2.45) is 5.92 Å². The number of aryl methyl sites for hydroxylation is 1. The molecule has 0 saturated heterocycles. The molecular formula is C27H24F7N3O3. The number of carbonyl (C=O) groups excluding carboxylic acids is 1. The highest BCUT2D eigenvalue weighted by molar-refractivity contribution is 5.79. The Morgan fingerprint density at radius 3 is 2.35 bits per heavy atom. The quantitative estimate of drug-likeness (QED) is 0.336. The maximum Gasteiger partial charge on any atom is 0.417 e. The van der Waals surface area contributed by atoms with Crippen molar-refractivity contribution in [2.45, 2.75) is 57.8 Å². The van der Waals surface area contributed by atoms with Gasteiger partial charge in [-0.2, -0.15) is 26.3 Å². The van der Waals surface area contributed by atoms with Crippen molar-refractivity contribution in [3.05, 3.63) is 86.6 Å². The van der Waals surface area contributed by atoms with Gasteiger partial charge in [0.25, 0.3) is 5.56 Å². The van der Waals surface area contributed by atoms with E-state index in [1.165, 1.54) is 18.2 Å². The van der Waals surface area contributed by atoms with Crippen molar-refractivity contribution in [3.63, 3.8) is 0 Å².